The van der Waals surface area contributed by atoms with Crippen LogP contribution in [0.25, 0.3) is 10.9 Å². The number of hydrogen-bond acceptors (Lipinski definition) is 4. The van der Waals surface area contributed by atoms with Crippen LogP contribution in [0.2, 0.25) is 0 Å². The zero-order chi connectivity index (χ0) is 14.7. The van der Waals surface area contributed by atoms with Gasteiger partial charge in [0.25, 0.3) is 0 Å². The molecule has 0 radical (unpaired) electrons. The molecule has 3 nitrogen and oxygen atoms in total. The minimum atomic E-state index is 0.361. The molecule has 3 aromatic rings. The number of thiazole rings is 1. The van der Waals surface area contributed by atoms with E-state index in [1.54, 1.807) is 11.3 Å². The Labute approximate surface area is 129 Å². The number of rotatable bonds is 5. The average molecular weight is 297 g/mol. The Morgan fingerprint density at radius 2 is 1.86 bits per heavy atom. The summed E-state index contributed by atoms with van der Waals surface area (Å²) in [6.45, 7) is 2.05. The highest BCUT2D eigenvalue weighted by molar-refractivity contribution is 7.09. The smallest absolute Gasteiger partial charge is 0.0897 e. The van der Waals surface area contributed by atoms with Crippen molar-refractivity contribution in [3.8, 4) is 0 Å². The van der Waals surface area contributed by atoms with E-state index >= 15 is 0 Å². The molecule has 2 heterocycles. The summed E-state index contributed by atoms with van der Waals surface area (Å²) in [5.41, 5.74) is 3.35. The van der Waals surface area contributed by atoms with Gasteiger partial charge in [-0.3, -0.25) is 4.98 Å². The number of para-hydroxylation sites is 1. The van der Waals surface area contributed by atoms with Gasteiger partial charge in [0.15, 0.2) is 0 Å². The van der Waals surface area contributed by atoms with Crippen molar-refractivity contribution >= 4 is 22.2 Å². The SMILES string of the molecule is CNC(Cc1csc(C)n1)Cc1ccc2ccccc2n1. The molecule has 1 N–H and O–H groups in total. The third-order valence-electron chi connectivity index (χ3n) is 3.64. The van der Waals surface area contributed by atoms with Crippen LogP contribution in [-0.2, 0) is 12.8 Å². The first-order valence-corrected chi connectivity index (χ1v) is 8.05. The molecule has 0 saturated heterocycles. The lowest BCUT2D eigenvalue weighted by Crippen LogP contribution is -2.30. The molecule has 0 saturated carbocycles. The van der Waals surface area contributed by atoms with E-state index in [9.17, 15) is 0 Å². The molecule has 21 heavy (non-hydrogen) atoms. The van der Waals surface area contributed by atoms with Gasteiger partial charge in [0.1, 0.15) is 0 Å². The van der Waals surface area contributed by atoms with Crippen molar-refractivity contribution in [3.05, 3.63) is 58.2 Å². The Morgan fingerprint density at radius 1 is 1.05 bits per heavy atom. The molecule has 0 amide bonds. The van der Waals surface area contributed by atoms with Crippen LogP contribution in [0.4, 0.5) is 0 Å². The van der Waals surface area contributed by atoms with Crippen LogP contribution in [0, 0.1) is 6.92 Å². The van der Waals surface area contributed by atoms with Crippen molar-refractivity contribution in [2.45, 2.75) is 25.8 Å². The molecule has 0 fully saturated rings. The highest BCUT2D eigenvalue weighted by Crippen LogP contribution is 2.15. The van der Waals surface area contributed by atoms with E-state index in [1.165, 1.54) is 5.39 Å². The summed E-state index contributed by atoms with van der Waals surface area (Å²) in [6.07, 6.45) is 1.85. The second-order valence-electron chi connectivity index (χ2n) is 5.25. The van der Waals surface area contributed by atoms with Crippen LogP contribution in [-0.4, -0.2) is 23.1 Å². The molecule has 0 aliphatic heterocycles. The maximum Gasteiger partial charge on any atom is 0.0897 e. The van der Waals surface area contributed by atoms with E-state index < -0.39 is 0 Å². The summed E-state index contributed by atoms with van der Waals surface area (Å²) in [5.74, 6) is 0. The summed E-state index contributed by atoms with van der Waals surface area (Å²) in [7, 11) is 2.00. The van der Waals surface area contributed by atoms with E-state index in [-0.39, 0.29) is 0 Å². The largest absolute Gasteiger partial charge is 0.316 e. The highest BCUT2D eigenvalue weighted by atomic mass is 32.1. The Bertz CT molecular complexity index is 735. The van der Waals surface area contributed by atoms with E-state index in [1.807, 2.05) is 26.1 Å². The van der Waals surface area contributed by atoms with E-state index in [0.717, 1.165) is 34.8 Å². The van der Waals surface area contributed by atoms with E-state index in [2.05, 4.69) is 39.9 Å². The van der Waals surface area contributed by atoms with Crippen molar-refractivity contribution in [1.82, 2.24) is 15.3 Å². The van der Waals surface area contributed by atoms with Crippen LogP contribution in [0.5, 0.6) is 0 Å². The lowest BCUT2D eigenvalue weighted by Gasteiger charge is -2.14. The first-order valence-electron chi connectivity index (χ1n) is 7.17. The number of likely N-dealkylation sites (N-methyl/N-ethyl adjacent to an activating group) is 1. The summed E-state index contributed by atoms with van der Waals surface area (Å²) in [4.78, 5) is 9.30. The molecule has 4 heteroatoms. The number of nitrogens with zero attached hydrogens (tertiary/aromatic N) is 2. The third kappa shape index (κ3) is 3.46. The van der Waals surface area contributed by atoms with Gasteiger partial charge in [-0.2, -0.15) is 0 Å². The molecular weight excluding hydrogens is 278 g/mol. The molecule has 3 rings (SSSR count). The quantitative estimate of drug-likeness (QED) is 0.784. The first-order chi connectivity index (χ1) is 10.2. The summed E-state index contributed by atoms with van der Waals surface area (Å²) in [6, 6.07) is 12.9. The van der Waals surface area contributed by atoms with Gasteiger partial charge in [-0.25, -0.2) is 4.98 Å². The van der Waals surface area contributed by atoms with E-state index in [0.29, 0.717) is 6.04 Å². The number of aromatic nitrogens is 2. The van der Waals surface area contributed by atoms with Gasteiger partial charge in [0.2, 0.25) is 0 Å². The molecule has 1 unspecified atom stereocenters. The van der Waals surface area contributed by atoms with Crippen LogP contribution >= 0.6 is 11.3 Å². The monoisotopic (exact) mass is 297 g/mol. The minimum absolute atomic E-state index is 0.361. The van der Waals surface area contributed by atoms with E-state index in [4.69, 9.17) is 4.98 Å². The van der Waals surface area contributed by atoms with Crippen LogP contribution in [0.1, 0.15) is 16.4 Å². The topological polar surface area (TPSA) is 37.8 Å². The molecule has 1 atom stereocenters. The van der Waals surface area contributed by atoms with Gasteiger partial charge in [-0.15, -0.1) is 11.3 Å². The number of hydrogen-bond donors (Lipinski definition) is 1. The number of nitrogens with one attached hydrogen (secondary N) is 1. The fraction of sp³-hybridized carbons (Fsp3) is 0.294. The average Bonchev–Trinajstić information content (AvgIpc) is 2.91. The van der Waals surface area contributed by atoms with Crippen molar-refractivity contribution < 1.29 is 0 Å². The Morgan fingerprint density at radius 3 is 2.62 bits per heavy atom. The van der Waals surface area contributed by atoms with Crippen LogP contribution < -0.4 is 5.32 Å². The molecule has 1 aromatic carbocycles. The zero-order valence-electron chi connectivity index (χ0n) is 12.3. The number of aryl methyl sites for hydroxylation is 1. The van der Waals surface area contributed by atoms with Gasteiger partial charge in [-0.1, -0.05) is 24.3 Å². The van der Waals surface area contributed by atoms with Crippen LogP contribution in [0.3, 0.4) is 0 Å². The molecule has 0 aliphatic rings. The van der Waals surface area contributed by atoms with Gasteiger partial charge in [0.05, 0.1) is 16.2 Å². The molecule has 0 aliphatic carbocycles. The normalized spacial score (nSPS) is 12.7. The number of benzene rings is 1. The van der Waals surface area contributed by atoms with Gasteiger partial charge >= 0.3 is 0 Å². The third-order valence-corrected chi connectivity index (χ3v) is 4.46. The lowest BCUT2D eigenvalue weighted by atomic mass is 10.1. The fourth-order valence-corrected chi connectivity index (χ4v) is 3.13. The van der Waals surface area contributed by atoms with Gasteiger partial charge in [0, 0.05) is 35.3 Å². The molecule has 2 aromatic heterocycles. The van der Waals surface area contributed by atoms with Crippen LogP contribution in [0.15, 0.2) is 41.8 Å². The second-order valence-corrected chi connectivity index (χ2v) is 6.31. The van der Waals surface area contributed by atoms with Gasteiger partial charge < -0.3 is 5.32 Å². The molecule has 0 bridgehead atoms. The lowest BCUT2D eigenvalue weighted by molar-refractivity contribution is 0.546. The van der Waals surface area contributed by atoms with Crippen molar-refractivity contribution in [2.75, 3.05) is 7.05 Å². The number of pyridine rings is 1. The van der Waals surface area contributed by atoms with Gasteiger partial charge in [-0.05, 0) is 26.1 Å². The summed E-state index contributed by atoms with van der Waals surface area (Å²) in [5, 5.41) is 7.85. The maximum absolute atomic E-state index is 4.75. The fourth-order valence-electron chi connectivity index (χ4n) is 2.51. The standard InChI is InChI=1S/C17H19N3S/c1-12-19-16(11-21-12)10-15(18-2)9-14-8-7-13-5-3-4-6-17(13)20-14/h3-8,11,15,18H,9-10H2,1-2H3. The zero-order valence-corrected chi connectivity index (χ0v) is 13.2. The number of fused-ring (bicyclic) bond motifs is 1. The Kier molecular flexibility index (Phi) is 4.27. The molecule has 108 valence electrons. The minimum Gasteiger partial charge on any atom is -0.316 e. The summed E-state index contributed by atoms with van der Waals surface area (Å²) < 4.78 is 0. The first kappa shape index (κ1) is 14.2. The Hall–Kier alpha value is -1.78. The molecule has 0 spiro atoms. The Balaban J connectivity index is 1.75. The predicted octanol–water partition coefficient (Wildman–Crippen LogP) is 3.37. The molecular formula is C17H19N3S. The highest BCUT2D eigenvalue weighted by Gasteiger charge is 2.11. The van der Waals surface area contributed by atoms with Crippen molar-refractivity contribution in [1.29, 1.82) is 0 Å². The van der Waals surface area contributed by atoms with Crippen molar-refractivity contribution in [2.24, 2.45) is 0 Å². The van der Waals surface area contributed by atoms with Crippen molar-refractivity contribution in [3.63, 3.8) is 0 Å². The summed E-state index contributed by atoms with van der Waals surface area (Å²) >= 11 is 1.71. The predicted molar refractivity (Wildman–Crippen MR) is 88.8 cm³/mol. The second kappa shape index (κ2) is 6.33. The maximum atomic E-state index is 4.75.